The minimum atomic E-state index is -2.86. The van der Waals surface area contributed by atoms with Crippen molar-refractivity contribution in [2.75, 3.05) is 0 Å². The van der Waals surface area contributed by atoms with E-state index in [9.17, 15) is 13.6 Å². The first-order valence-corrected chi connectivity index (χ1v) is 3.44. The summed E-state index contributed by atoms with van der Waals surface area (Å²) in [5.41, 5.74) is 5.19. The van der Waals surface area contributed by atoms with Crippen molar-refractivity contribution in [2.45, 2.75) is 6.61 Å². The van der Waals surface area contributed by atoms with E-state index in [-0.39, 0.29) is 11.3 Å². The van der Waals surface area contributed by atoms with Crippen LogP contribution in [0.1, 0.15) is 10.4 Å². The first-order chi connectivity index (χ1) is 6.09. The van der Waals surface area contributed by atoms with E-state index in [0.717, 1.165) is 0 Å². The molecule has 0 aliphatic carbocycles. The van der Waals surface area contributed by atoms with Crippen molar-refractivity contribution in [3.05, 3.63) is 29.8 Å². The highest BCUT2D eigenvalue weighted by Gasteiger charge is 2.04. The average Bonchev–Trinajstić information content (AvgIpc) is 2.04. The average molecular weight is 187 g/mol. The number of hydrogen-bond acceptors (Lipinski definition) is 2. The molecule has 0 fully saturated rings. The lowest BCUT2D eigenvalue weighted by atomic mass is 10.2. The van der Waals surface area contributed by atoms with Gasteiger partial charge in [-0.15, -0.1) is 0 Å². The Morgan fingerprint density at radius 3 is 2.23 bits per heavy atom. The van der Waals surface area contributed by atoms with Gasteiger partial charge in [-0.3, -0.25) is 4.79 Å². The lowest BCUT2D eigenvalue weighted by Gasteiger charge is -2.03. The third-order valence-corrected chi connectivity index (χ3v) is 1.36. The van der Waals surface area contributed by atoms with Gasteiger partial charge in [-0.2, -0.15) is 8.78 Å². The van der Waals surface area contributed by atoms with Crippen LogP contribution in [0.4, 0.5) is 8.78 Å². The Morgan fingerprint density at radius 1 is 1.31 bits per heavy atom. The summed E-state index contributed by atoms with van der Waals surface area (Å²) >= 11 is 0. The van der Waals surface area contributed by atoms with E-state index >= 15 is 0 Å². The molecule has 0 spiro atoms. The van der Waals surface area contributed by atoms with Gasteiger partial charge in [0.2, 0.25) is 5.91 Å². The van der Waals surface area contributed by atoms with Crippen LogP contribution in [0.25, 0.3) is 0 Å². The van der Waals surface area contributed by atoms with Crippen molar-refractivity contribution >= 4 is 5.91 Å². The predicted octanol–water partition coefficient (Wildman–Crippen LogP) is 1.39. The van der Waals surface area contributed by atoms with Gasteiger partial charge in [0, 0.05) is 5.56 Å². The highest BCUT2D eigenvalue weighted by atomic mass is 19.3. The summed E-state index contributed by atoms with van der Waals surface area (Å²) in [5.74, 6) is -0.608. The first-order valence-electron chi connectivity index (χ1n) is 3.44. The van der Waals surface area contributed by atoms with Crippen LogP contribution in [-0.2, 0) is 0 Å². The Labute approximate surface area is 73.1 Å². The third-order valence-electron chi connectivity index (χ3n) is 1.36. The van der Waals surface area contributed by atoms with Gasteiger partial charge in [0.1, 0.15) is 5.75 Å². The molecule has 0 atom stereocenters. The van der Waals surface area contributed by atoms with E-state index in [1.807, 2.05) is 0 Å². The molecular weight excluding hydrogens is 180 g/mol. The zero-order valence-electron chi connectivity index (χ0n) is 6.54. The van der Waals surface area contributed by atoms with Crippen LogP contribution in [0.5, 0.6) is 5.75 Å². The van der Waals surface area contributed by atoms with Crippen molar-refractivity contribution in [2.24, 2.45) is 5.73 Å². The number of primary amides is 1. The molecule has 0 saturated carbocycles. The molecule has 0 aliphatic rings. The van der Waals surface area contributed by atoms with Crippen LogP contribution in [0.15, 0.2) is 24.3 Å². The molecular formula is C8H7F2NO2. The molecule has 70 valence electrons. The smallest absolute Gasteiger partial charge is 0.387 e. The van der Waals surface area contributed by atoms with Crippen LogP contribution in [0.3, 0.4) is 0 Å². The molecule has 0 saturated heterocycles. The highest BCUT2D eigenvalue weighted by Crippen LogP contribution is 2.14. The molecule has 0 radical (unpaired) electrons. The van der Waals surface area contributed by atoms with Gasteiger partial charge in [-0.25, -0.2) is 0 Å². The van der Waals surface area contributed by atoms with Gasteiger partial charge in [0.15, 0.2) is 0 Å². The number of carbonyl (C=O) groups excluding carboxylic acids is 1. The summed E-state index contributed by atoms with van der Waals surface area (Å²) in [6.45, 7) is -2.86. The van der Waals surface area contributed by atoms with Crippen LogP contribution in [0, 0.1) is 0 Å². The Balaban J connectivity index is 2.75. The lowest BCUT2D eigenvalue weighted by molar-refractivity contribution is -0.0498. The lowest BCUT2D eigenvalue weighted by Crippen LogP contribution is -2.10. The molecule has 0 aromatic heterocycles. The molecule has 0 heterocycles. The summed E-state index contributed by atoms with van der Waals surface area (Å²) in [7, 11) is 0. The number of alkyl halides is 2. The van der Waals surface area contributed by atoms with E-state index < -0.39 is 12.5 Å². The quantitative estimate of drug-likeness (QED) is 0.777. The maximum absolute atomic E-state index is 11.7. The zero-order valence-corrected chi connectivity index (χ0v) is 6.54. The van der Waals surface area contributed by atoms with Gasteiger partial charge in [0.05, 0.1) is 0 Å². The molecule has 1 rings (SSSR count). The third kappa shape index (κ3) is 2.70. The highest BCUT2D eigenvalue weighted by molar-refractivity contribution is 5.92. The fraction of sp³-hybridized carbons (Fsp3) is 0.125. The van der Waals surface area contributed by atoms with Crippen LogP contribution in [0.2, 0.25) is 0 Å². The summed E-state index contributed by atoms with van der Waals surface area (Å²) in [6, 6.07) is 5.15. The molecule has 0 bridgehead atoms. The molecule has 1 aromatic carbocycles. The summed E-state index contributed by atoms with van der Waals surface area (Å²) in [6.07, 6.45) is 0. The molecule has 1 aromatic rings. The standard InChI is InChI=1S/C8H7F2NO2/c9-8(10)13-6-3-1-5(2-4-6)7(11)12/h1-4,8H,(H2,11,12). The topological polar surface area (TPSA) is 52.3 Å². The van der Waals surface area contributed by atoms with Crippen molar-refractivity contribution in [1.29, 1.82) is 0 Å². The number of nitrogens with two attached hydrogens (primary N) is 1. The van der Waals surface area contributed by atoms with E-state index in [4.69, 9.17) is 5.73 Å². The molecule has 0 aliphatic heterocycles. The minimum Gasteiger partial charge on any atom is -0.435 e. The maximum atomic E-state index is 11.7. The SMILES string of the molecule is NC(=O)c1ccc(OC(F)F)cc1. The summed E-state index contributed by atoms with van der Waals surface area (Å²) < 4.78 is 27.4. The van der Waals surface area contributed by atoms with E-state index in [1.54, 1.807) is 0 Å². The second kappa shape index (κ2) is 3.84. The fourth-order valence-electron chi connectivity index (χ4n) is 0.801. The van der Waals surface area contributed by atoms with Crippen molar-refractivity contribution in [1.82, 2.24) is 0 Å². The van der Waals surface area contributed by atoms with E-state index in [0.29, 0.717) is 0 Å². The number of benzene rings is 1. The number of rotatable bonds is 3. The normalized spacial score (nSPS) is 10.1. The van der Waals surface area contributed by atoms with Gasteiger partial charge in [-0.05, 0) is 24.3 Å². The summed E-state index contributed by atoms with van der Waals surface area (Å²) in [4.78, 5) is 10.6. The van der Waals surface area contributed by atoms with E-state index in [2.05, 4.69) is 4.74 Å². The predicted molar refractivity (Wildman–Crippen MR) is 41.6 cm³/mol. The summed E-state index contributed by atoms with van der Waals surface area (Å²) in [5, 5.41) is 0. The first kappa shape index (κ1) is 9.44. The van der Waals surface area contributed by atoms with Crippen LogP contribution in [-0.4, -0.2) is 12.5 Å². The Hall–Kier alpha value is -1.65. The number of carbonyl (C=O) groups is 1. The molecule has 5 heteroatoms. The Kier molecular flexibility index (Phi) is 2.79. The molecule has 2 N–H and O–H groups in total. The zero-order chi connectivity index (χ0) is 9.84. The van der Waals surface area contributed by atoms with Gasteiger partial charge in [0.25, 0.3) is 0 Å². The minimum absolute atomic E-state index is 0.000000000000000444. The van der Waals surface area contributed by atoms with Crippen molar-refractivity contribution in [3.63, 3.8) is 0 Å². The van der Waals surface area contributed by atoms with Gasteiger partial charge >= 0.3 is 6.61 Å². The second-order valence-corrected chi connectivity index (χ2v) is 2.27. The Bertz CT molecular complexity index is 298. The number of hydrogen-bond donors (Lipinski definition) is 1. The number of amides is 1. The monoisotopic (exact) mass is 187 g/mol. The molecule has 13 heavy (non-hydrogen) atoms. The van der Waals surface area contributed by atoms with E-state index in [1.165, 1.54) is 24.3 Å². The Morgan fingerprint density at radius 2 is 1.85 bits per heavy atom. The van der Waals surface area contributed by atoms with Crippen molar-refractivity contribution in [3.8, 4) is 5.75 Å². The fourth-order valence-corrected chi connectivity index (χ4v) is 0.801. The second-order valence-electron chi connectivity index (χ2n) is 2.27. The molecule has 3 nitrogen and oxygen atoms in total. The maximum Gasteiger partial charge on any atom is 0.387 e. The largest absolute Gasteiger partial charge is 0.435 e. The van der Waals surface area contributed by atoms with Crippen LogP contribution < -0.4 is 10.5 Å². The van der Waals surface area contributed by atoms with Crippen molar-refractivity contribution < 1.29 is 18.3 Å². The van der Waals surface area contributed by atoms with Crippen LogP contribution >= 0.6 is 0 Å². The number of ether oxygens (including phenoxy) is 1. The molecule has 1 amide bonds. The molecule has 0 unspecified atom stereocenters. The van der Waals surface area contributed by atoms with Gasteiger partial charge in [-0.1, -0.05) is 0 Å². The number of halogens is 2. The van der Waals surface area contributed by atoms with Gasteiger partial charge < -0.3 is 10.5 Å².